The second kappa shape index (κ2) is 6.45. The van der Waals surface area contributed by atoms with Crippen LogP contribution in [0.1, 0.15) is 31.2 Å². The van der Waals surface area contributed by atoms with Gasteiger partial charge in [0.2, 0.25) is 0 Å². The van der Waals surface area contributed by atoms with Gasteiger partial charge in [-0.25, -0.2) is 4.98 Å². The molecule has 0 bridgehead atoms. The number of anilines is 1. The fourth-order valence-corrected chi connectivity index (χ4v) is 2.89. The number of hydrogen-bond acceptors (Lipinski definition) is 4. The lowest BCUT2D eigenvalue weighted by Crippen LogP contribution is -2.20. The summed E-state index contributed by atoms with van der Waals surface area (Å²) in [5.74, 6) is 1.58. The molecule has 6 heteroatoms. The summed E-state index contributed by atoms with van der Waals surface area (Å²) in [6.07, 6.45) is 0. The van der Waals surface area contributed by atoms with Gasteiger partial charge in [0, 0.05) is 9.37 Å². The van der Waals surface area contributed by atoms with E-state index in [1.807, 2.05) is 38.1 Å². The number of halogens is 1. The number of thioether (sulfide) groups is 1. The molecule has 0 unspecified atom stereocenters. The van der Waals surface area contributed by atoms with E-state index in [9.17, 15) is 4.79 Å². The minimum atomic E-state index is -0.140. The molecule has 0 aliphatic carbocycles. The van der Waals surface area contributed by atoms with E-state index in [4.69, 9.17) is 5.73 Å². The predicted molar refractivity (Wildman–Crippen MR) is 87.1 cm³/mol. The van der Waals surface area contributed by atoms with Crippen molar-refractivity contribution in [2.24, 2.45) is 0 Å². The zero-order valence-corrected chi connectivity index (χ0v) is 13.7. The molecule has 20 heavy (non-hydrogen) atoms. The van der Waals surface area contributed by atoms with Crippen LogP contribution in [0.4, 0.5) is 5.82 Å². The van der Waals surface area contributed by atoms with Crippen LogP contribution in [0.3, 0.4) is 0 Å². The second-order valence-corrected chi connectivity index (χ2v) is 6.67. The van der Waals surface area contributed by atoms with Gasteiger partial charge in [0.25, 0.3) is 5.56 Å². The largest absolute Gasteiger partial charge is 0.383 e. The molecule has 1 heterocycles. The number of nitrogens with one attached hydrogen (secondary N) is 1. The Kier molecular flexibility index (Phi) is 4.88. The van der Waals surface area contributed by atoms with Crippen LogP contribution in [0.15, 0.2) is 38.4 Å². The van der Waals surface area contributed by atoms with Crippen LogP contribution in [-0.4, -0.2) is 9.97 Å². The normalized spacial score (nSPS) is 11.0. The van der Waals surface area contributed by atoms with Gasteiger partial charge in [0.05, 0.1) is 11.3 Å². The molecule has 0 aliphatic rings. The van der Waals surface area contributed by atoms with Crippen molar-refractivity contribution in [1.29, 1.82) is 0 Å². The Bertz CT molecular complexity index is 652. The van der Waals surface area contributed by atoms with Gasteiger partial charge in [0.1, 0.15) is 11.6 Å². The fraction of sp³-hybridized carbons (Fsp3) is 0.286. The zero-order chi connectivity index (χ0) is 14.7. The average Bonchev–Trinajstić information content (AvgIpc) is 2.37. The number of nitrogens with two attached hydrogens (primary N) is 1. The summed E-state index contributed by atoms with van der Waals surface area (Å²) in [4.78, 5) is 20.2. The third kappa shape index (κ3) is 3.64. The first-order chi connectivity index (χ1) is 9.47. The highest BCUT2D eigenvalue weighted by Crippen LogP contribution is 2.23. The number of rotatable bonds is 4. The van der Waals surface area contributed by atoms with Crippen LogP contribution in [0.2, 0.25) is 0 Å². The standard InChI is InChI=1S/C14H16BrN3OS/c1-8(2)12-13(16)17-11(18-14(12)19)7-20-10-5-3-9(15)4-6-10/h3-6,8H,7H2,1-2H3,(H3,16,17,18,19). The highest BCUT2D eigenvalue weighted by atomic mass is 79.9. The summed E-state index contributed by atoms with van der Waals surface area (Å²) >= 11 is 5.00. The van der Waals surface area contributed by atoms with Gasteiger partial charge in [0.15, 0.2) is 0 Å². The smallest absolute Gasteiger partial charge is 0.256 e. The van der Waals surface area contributed by atoms with Crippen molar-refractivity contribution in [1.82, 2.24) is 9.97 Å². The molecule has 0 radical (unpaired) electrons. The molecular formula is C14H16BrN3OS. The summed E-state index contributed by atoms with van der Waals surface area (Å²) in [5.41, 5.74) is 6.28. The van der Waals surface area contributed by atoms with Gasteiger partial charge in [-0.05, 0) is 30.2 Å². The Hall–Kier alpha value is -1.27. The molecule has 0 saturated heterocycles. The van der Waals surface area contributed by atoms with Gasteiger partial charge < -0.3 is 10.7 Å². The first-order valence-electron chi connectivity index (χ1n) is 6.24. The highest BCUT2D eigenvalue weighted by Gasteiger charge is 2.12. The van der Waals surface area contributed by atoms with E-state index in [0.29, 0.717) is 23.0 Å². The van der Waals surface area contributed by atoms with Crippen molar-refractivity contribution in [3.63, 3.8) is 0 Å². The molecule has 106 valence electrons. The maximum atomic E-state index is 12.0. The van der Waals surface area contributed by atoms with Crippen molar-refractivity contribution in [2.45, 2.75) is 30.4 Å². The molecule has 1 aromatic heterocycles. The van der Waals surface area contributed by atoms with Crippen molar-refractivity contribution >= 4 is 33.5 Å². The van der Waals surface area contributed by atoms with E-state index >= 15 is 0 Å². The number of hydrogen-bond donors (Lipinski definition) is 2. The predicted octanol–water partition coefficient (Wildman–Crippen LogP) is 3.53. The molecule has 0 aliphatic heterocycles. The Morgan fingerprint density at radius 3 is 2.55 bits per heavy atom. The summed E-state index contributed by atoms with van der Waals surface area (Å²) in [6.45, 7) is 3.86. The van der Waals surface area contributed by atoms with Gasteiger partial charge in [-0.15, -0.1) is 11.8 Å². The van der Waals surface area contributed by atoms with E-state index in [0.717, 1.165) is 9.37 Å². The summed E-state index contributed by atoms with van der Waals surface area (Å²) in [6, 6.07) is 7.99. The number of H-pyrrole nitrogens is 1. The summed E-state index contributed by atoms with van der Waals surface area (Å²) in [7, 11) is 0. The molecule has 3 N–H and O–H groups in total. The van der Waals surface area contributed by atoms with E-state index in [1.54, 1.807) is 11.8 Å². The van der Waals surface area contributed by atoms with Crippen LogP contribution in [0, 0.1) is 0 Å². The van der Waals surface area contributed by atoms with Crippen LogP contribution in [-0.2, 0) is 5.75 Å². The molecule has 0 fully saturated rings. The lowest BCUT2D eigenvalue weighted by molar-refractivity contribution is 0.824. The van der Waals surface area contributed by atoms with Crippen LogP contribution < -0.4 is 11.3 Å². The number of aromatic amines is 1. The molecule has 0 saturated carbocycles. The maximum Gasteiger partial charge on any atom is 0.256 e. The van der Waals surface area contributed by atoms with E-state index in [2.05, 4.69) is 25.9 Å². The molecule has 2 aromatic rings. The van der Waals surface area contributed by atoms with Crippen molar-refractivity contribution in [3.05, 3.63) is 50.5 Å². The molecule has 0 spiro atoms. The molecule has 4 nitrogen and oxygen atoms in total. The van der Waals surface area contributed by atoms with Gasteiger partial charge >= 0.3 is 0 Å². The summed E-state index contributed by atoms with van der Waals surface area (Å²) in [5, 5.41) is 0. The Labute approximate surface area is 130 Å². The molecule has 1 aromatic carbocycles. The third-order valence-corrected chi connectivity index (χ3v) is 4.35. The van der Waals surface area contributed by atoms with Crippen LogP contribution in [0.25, 0.3) is 0 Å². The van der Waals surface area contributed by atoms with Crippen molar-refractivity contribution in [3.8, 4) is 0 Å². The average molecular weight is 354 g/mol. The monoisotopic (exact) mass is 353 g/mol. The number of benzene rings is 1. The Morgan fingerprint density at radius 2 is 2.00 bits per heavy atom. The number of nitrogens with zero attached hydrogens (tertiary/aromatic N) is 1. The maximum absolute atomic E-state index is 12.0. The van der Waals surface area contributed by atoms with Crippen molar-refractivity contribution in [2.75, 3.05) is 5.73 Å². The first kappa shape index (κ1) is 15.1. The van der Waals surface area contributed by atoms with Gasteiger partial charge in [-0.1, -0.05) is 29.8 Å². The molecule has 2 rings (SSSR count). The van der Waals surface area contributed by atoms with E-state index < -0.39 is 0 Å². The second-order valence-electron chi connectivity index (χ2n) is 4.71. The SMILES string of the molecule is CC(C)c1c(N)nc(CSc2ccc(Br)cc2)[nH]c1=O. The Morgan fingerprint density at radius 1 is 1.35 bits per heavy atom. The lowest BCUT2D eigenvalue weighted by Gasteiger charge is -2.09. The highest BCUT2D eigenvalue weighted by molar-refractivity contribution is 9.10. The molecule has 0 amide bonds. The van der Waals surface area contributed by atoms with Crippen molar-refractivity contribution < 1.29 is 0 Å². The fourth-order valence-electron chi connectivity index (χ4n) is 1.86. The zero-order valence-electron chi connectivity index (χ0n) is 11.3. The van der Waals surface area contributed by atoms with E-state index in [-0.39, 0.29) is 11.5 Å². The summed E-state index contributed by atoms with van der Waals surface area (Å²) < 4.78 is 1.04. The van der Waals surface area contributed by atoms with E-state index in [1.165, 1.54) is 0 Å². The van der Waals surface area contributed by atoms with Crippen LogP contribution in [0.5, 0.6) is 0 Å². The third-order valence-electron chi connectivity index (χ3n) is 2.80. The van der Waals surface area contributed by atoms with Crippen LogP contribution >= 0.6 is 27.7 Å². The lowest BCUT2D eigenvalue weighted by atomic mass is 10.1. The first-order valence-corrected chi connectivity index (χ1v) is 8.02. The number of aromatic nitrogens is 2. The van der Waals surface area contributed by atoms with Gasteiger partial charge in [-0.2, -0.15) is 0 Å². The minimum Gasteiger partial charge on any atom is -0.383 e. The number of nitrogen functional groups attached to an aromatic ring is 1. The topological polar surface area (TPSA) is 71.8 Å². The quantitative estimate of drug-likeness (QED) is 0.824. The molecule has 0 atom stereocenters. The minimum absolute atomic E-state index is 0.0689. The Balaban J connectivity index is 2.15. The van der Waals surface area contributed by atoms with Gasteiger partial charge in [-0.3, -0.25) is 4.79 Å². The molecular weight excluding hydrogens is 338 g/mol.